The number of nitrogens with zero attached hydrogens (tertiary/aromatic N) is 4. The van der Waals surface area contributed by atoms with E-state index in [0.29, 0.717) is 53.7 Å². The Morgan fingerprint density at radius 3 is 2.33 bits per heavy atom. The van der Waals surface area contributed by atoms with Gasteiger partial charge in [-0.3, -0.25) is 24.6 Å². The number of rotatable bonds is 8. The Kier molecular flexibility index (Phi) is 11.2. The second kappa shape index (κ2) is 16.0. The Bertz CT molecular complexity index is 2140. The molecule has 54 heavy (non-hydrogen) atoms. The molecule has 1 atom stereocenters. The summed E-state index contributed by atoms with van der Waals surface area (Å²) in [5.74, 6) is 0.373. The van der Waals surface area contributed by atoms with Gasteiger partial charge < -0.3 is 24.4 Å². The van der Waals surface area contributed by atoms with Crippen LogP contribution in [-0.4, -0.2) is 89.5 Å². The summed E-state index contributed by atoms with van der Waals surface area (Å²) in [4.78, 5) is 56.3. The summed E-state index contributed by atoms with van der Waals surface area (Å²) in [5.41, 5.74) is 4.46. The lowest BCUT2D eigenvalue weighted by atomic mass is 9.89. The van der Waals surface area contributed by atoms with Gasteiger partial charge in [-0.1, -0.05) is 47.5 Å². The minimum atomic E-state index is -0.468. The number of nitrogens with one attached hydrogen (secondary N) is 2. The van der Waals surface area contributed by atoms with Crippen LogP contribution >= 0.6 is 23.2 Å². The van der Waals surface area contributed by atoms with E-state index in [1.165, 1.54) is 0 Å². The number of aromatic nitrogens is 1. The number of hydrogen-bond acceptors (Lipinski definition) is 7. The number of urea groups is 1. The van der Waals surface area contributed by atoms with Gasteiger partial charge in [0.25, 0.3) is 5.56 Å². The SMILES string of the molecule is COc1cc(-c2cn(C)c(=O)c3ccccc23)cc(Cl)c1CN1CCC(N(C)C(=O)N2CCC(c3ccc(NC4CCC(=O)NC4=O)cc3Cl)CC2)CC1. The van der Waals surface area contributed by atoms with E-state index in [1.807, 2.05) is 77.6 Å². The van der Waals surface area contributed by atoms with Gasteiger partial charge in [0.2, 0.25) is 11.8 Å². The Labute approximate surface area is 325 Å². The summed E-state index contributed by atoms with van der Waals surface area (Å²) in [7, 11) is 5.33. The highest BCUT2D eigenvalue weighted by atomic mass is 35.5. The molecule has 0 radical (unpaired) electrons. The lowest BCUT2D eigenvalue weighted by Crippen LogP contribution is -2.51. The first-order chi connectivity index (χ1) is 26.0. The van der Waals surface area contributed by atoms with E-state index < -0.39 is 6.04 Å². The molecule has 3 aliphatic heterocycles. The van der Waals surface area contributed by atoms with Crippen molar-refractivity contribution in [1.82, 2.24) is 24.6 Å². The number of fused-ring (bicyclic) bond motifs is 1. The van der Waals surface area contributed by atoms with Crippen molar-refractivity contribution in [3.63, 3.8) is 0 Å². The fourth-order valence-electron chi connectivity index (χ4n) is 8.18. The van der Waals surface area contributed by atoms with Gasteiger partial charge >= 0.3 is 6.03 Å². The lowest BCUT2D eigenvalue weighted by Gasteiger charge is -2.40. The Balaban J connectivity index is 0.923. The van der Waals surface area contributed by atoms with E-state index in [4.69, 9.17) is 27.9 Å². The summed E-state index contributed by atoms with van der Waals surface area (Å²) in [6.45, 7) is 3.59. The molecule has 3 aliphatic rings. The zero-order chi connectivity index (χ0) is 38.1. The molecule has 3 saturated heterocycles. The minimum absolute atomic E-state index is 0.0445. The van der Waals surface area contributed by atoms with Crippen molar-refractivity contribution < 1.29 is 19.1 Å². The molecule has 4 aromatic rings. The highest BCUT2D eigenvalue weighted by Crippen LogP contribution is 2.38. The quantitative estimate of drug-likeness (QED) is 0.193. The molecule has 0 aliphatic carbocycles. The Hall–Kier alpha value is -4.58. The summed E-state index contributed by atoms with van der Waals surface area (Å²) >= 11 is 13.7. The number of benzene rings is 3. The Morgan fingerprint density at radius 1 is 0.926 bits per heavy atom. The molecular formula is C41H46Cl2N6O5. The summed E-state index contributed by atoms with van der Waals surface area (Å²) < 4.78 is 7.47. The average Bonchev–Trinajstić information content (AvgIpc) is 3.18. The van der Waals surface area contributed by atoms with Gasteiger partial charge in [-0.2, -0.15) is 0 Å². The molecule has 4 heterocycles. The zero-order valence-corrected chi connectivity index (χ0v) is 32.4. The van der Waals surface area contributed by atoms with E-state index in [1.54, 1.807) is 18.7 Å². The van der Waals surface area contributed by atoms with Crippen LogP contribution in [0.2, 0.25) is 10.0 Å². The van der Waals surface area contributed by atoms with Crippen LogP contribution in [0, 0.1) is 0 Å². The predicted molar refractivity (Wildman–Crippen MR) is 212 cm³/mol. The van der Waals surface area contributed by atoms with Crippen LogP contribution in [0.15, 0.2) is 65.6 Å². The van der Waals surface area contributed by atoms with Crippen molar-refractivity contribution in [2.24, 2.45) is 7.05 Å². The number of carbonyl (C=O) groups excluding carboxylic acids is 3. The van der Waals surface area contributed by atoms with E-state index >= 15 is 0 Å². The molecule has 3 fully saturated rings. The first kappa shape index (κ1) is 37.7. The van der Waals surface area contributed by atoms with Crippen molar-refractivity contribution in [3.8, 4) is 16.9 Å². The fourth-order valence-corrected chi connectivity index (χ4v) is 8.78. The number of amides is 4. The van der Waals surface area contributed by atoms with E-state index in [2.05, 4.69) is 15.5 Å². The first-order valence-electron chi connectivity index (χ1n) is 18.6. The third kappa shape index (κ3) is 7.80. The van der Waals surface area contributed by atoms with Crippen molar-refractivity contribution in [2.75, 3.05) is 45.7 Å². The number of pyridine rings is 1. The highest BCUT2D eigenvalue weighted by Gasteiger charge is 2.32. The number of piperidine rings is 3. The van der Waals surface area contributed by atoms with E-state index in [-0.39, 0.29) is 35.4 Å². The number of imide groups is 1. The number of halogens is 2. The topological polar surface area (TPSA) is 116 Å². The molecule has 11 nitrogen and oxygen atoms in total. The van der Waals surface area contributed by atoms with Crippen LogP contribution in [0.3, 0.4) is 0 Å². The van der Waals surface area contributed by atoms with Crippen LogP contribution in [-0.2, 0) is 23.2 Å². The number of likely N-dealkylation sites (tertiary alicyclic amines) is 2. The van der Waals surface area contributed by atoms with Gasteiger partial charge in [0.1, 0.15) is 11.8 Å². The second-order valence-electron chi connectivity index (χ2n) is 14.7. The summed E-state index contributed by atoms with van der Waals surface area (Å²) in [6, 6.07) is 17.1. The van der Waals surface area contributed by atoms with Gasteiger partial charge in [0, 0.05) is 97.7 Å². The maximum Gasteiger partial charge on any atom is 0.319 e. The number of aryl methyl sites for hydroxylation is 1. The smallest absolute Gasteiger partial charge is 0.319 e. The van der Waals surface area contributed by atoms with Gasteiger partial charge in [0.05, 0.1) is 7.11 Å². The van der Waals surface area contributed by atoms with Gasteiger partial charge in [-0.25, -0.2) is 4.79 Å². The molecule has 4 amide bonds. The van der Waals surface area contributed by atoms with Crippen LogP contribution in [0.4, 0.5) is 10.5 Å². The first-order valence-corrected chi connectivity index (χ1v) is 19.3. The number of methoxy groups -OCH3 is 1. The largest absolute Gasteiger partial charge is 0.496 e. The van der Waals surface area contributed by atoms with Gasteiger partial charge in [0.15, 0.2) is 0 Å². The van der Waals surface area contributed by atoms with Crippen LogP contribution in [0.1, 0.15) is 55.6 Å². The third-order valence-electron chi connectivity index (χ3n) is 11.4. The maximum absolute atomic E-state index is 13.7. The summed E-state index contributed by atoms with van der Waals surface area (Å²) in [5, 5.41) is 8.34. The van der Waals surface area contributed by atoms with Crippen LogP contribution in [0.25, 0.3) is 21.9 Å². The van der Waals surface area contributed by atoms with Crippen LogP contribution in [0.5, 0.6) is 5.75 Å². The molecule has 1 unspecified atom stereocenters. The molecule has 1 aromatic heterocycles. The zero-order valence-electron chi connectivity index (χ0n) is 30.9. The lowest BCUT2D eigenvalue weighted by molar-refractivity contribution is -0.133. The number of hydrogen-bond donors (Lipinski definition) is 2. The van der Waals surface area contributed by atoms with E-state index in [0.717, 1.165) is 72.1 Å². The molecule has 0 saturated carbocycles. The predicted octanol–water partition coefficient (Wildman–Crippen LogP) is 6.63. The second-order valence-corrected chi connectivity index (χ2v) is 15.5. The van der Waals surface area contributed by atoms with Crippen molar-refractivity contribution in [2.45, 2.75) is 63.1 Å². The molecular weight excluding hydrogens is 727 g/mol. The molecule has 0 spiro atoms. The van der Waals surface area contributed by atoms with Crippen molar-refractivity contribution in [1.29, 1.82) is 0 Å². The Morgan fingerprint density at radius 2 is 1.65 bits per heavy atom. The number of ether oxygens (including phenoxy) is 1. The highest BCUT2D eigenvalue weighted by molar-refractivity contribution is 6.32. The number of carbonyl (C=O) groups is 3. The molecule has 284 valence electrons. The number of anilines is 1. The summed E-state index contributed by atoms with van der Waals surface area (Å²) in [6.07, 6.45) is 5.95. The molecule has 13 heteroatoms. The molecule has 2 N–H and O–H groups in total. The molecule has 3 aromatic carbocycles. The maximum atomic E-state index is 13.7. The molecule has 7 rings (SSSR count). The fraction of sp³-hybridized carbons (Fsp3) is 0.415. The van der Waals surface area contributed by atoms with Crippen molar-refractivity contribution >= 4 is 57.5 Å². The van der Waals surface area contributed by atoms with Crippen LogP contribution < -0.4 is 20.9 Å². The average molecular weight is 774 g/mol. The van der Waals surface area contributed by atoms with Gasteiger partial charge in [-0.15, -0.1) is 0 Å². The van der Waals surface area contributed by atoms with E-state index in [9.17, 15) is 19.2 Å². The standard InChI is InChI=1S/C41H46Cl2N6O5/c1-46-23-32(30-6-4-5-7-31(30)40(46)52)26-20-34(42)33(37(21-26)54-3)24-48-16-14-28(15-17-48)47(2)41(53)49-18-12-25(13-19-49)29-9-8-27(22-35(29)43)44-36-10-11-38(50)45-39(36)51/h4-9,20-23,25,28,36,44H,10-19,24H2,1-3H3,(H,45,50,51). The minimum Gasteiger partial charge on any atom is -0.496 e. The van der Waals surface area contributed by atoms with Gasteiger partial charge in [-0.05, 0) is 84.9 Å². The van der Waals surface area contributed by atoms with Crippen molar-refractivity contribution in [3.05, 3.63) is 92.3 Å². The molecule has 0 bridgehead atoms. The third-order valence-corrected chi connectivity index (χ3v) is 12.0. The normalized spacial score (nSPS) is 18.8. The monoisotopic (exact) mass is 772 g/mol.